The van der Waals surface area contributed by atoms with E-state index in [9.17, 15) is 34.2 Å². The summed E-state index contributed by atoms with van der Waals surface area (Å²) in [7, 11) is 0. The Kier molecular flexibility index (Phi) is 16.7. The van der Waals surface area contributed by atoms with Crippen molar-refractivity contribution in [2.45, 2.75) is 128 Å². The van der Waals surface area contributed by atoms with Crippen molar-refractivity contribution >= 4 is 41.5 Å². The number of hydrogen-bond donors (Lipinski definition) is 3. The van der Waals surface area contributed by atoms with Gasteiger partial charge in [0.2, 0.25) is 6.10 Å². The Labute approximate surface area is 424 Å². The molecule has 0 aromatic heterocycles. The van der Waals surface area contributed by atoms with Gasteiger partial charge in [-0.3, -0.25) is 24.0 Å². The van der Waals surface area contributed by atoms with E-state index < -0.39 is 119 Å². The summed E-state index contributed by atoms with van der Waals surface area (Å²) in [6, 6.07) is 22.8. The summed E-state index contributed by atoms with van der Waals surface area (Å²) in [4.78, 5) is 99.6. The predicted octanol–water partition coefficient (Wildman–Crippen LogP) is 5.12. The van der Waals surface area contributed by atoms with Crippen molar-refractivity contribution in [3.05, 3.63) is 119 Å². The van der Waals surface area contributed by atoms with Crippen LogP contribution in [0, 0.1) is 16.7 Å². The number of carbonyl (C=O) groups is 7. The van der Waals surface area contributed by atoms with Crippen LogP contribution in [0.25, 0.3) is 0 Å². The first-order valence-corrected chi connectivity index (χ1v) is 24.6. The smallest absolute Gasteiger partial charge is 0.350 e. The number of rotatable bonds is 19. The number of nitrogens with one attached hydrogen (secondary N) is 1. The van der Waals surface area contributed by atoms with Gasteiger partial charge in [-0.2, -0.15) is 0 Å². The largest absolute Gasteiger partial charge is 0.455 e. The standard InChI is InChI=1S/C55H65NO17/c1-8-25-66-27-28-67-26-24-41(60)71-45(43(35-18-12-9-13-19-35)56-49(62)36-20-14-10-15-21-36)51(64)70-38-30-55(65)48(72-50(63)37-22-16-11-17-23-37)46-53(7,39(59)29-40-54(46,31-68-40)73-34(4)58)47(61)44(69-33(3)57)42(32(38)2)52(55,5)6/h9-23,38-40,43-46,48,59,65H,8,24-31H2,1-7H3,(H,56,62)/t38?,39-,40+,43-,44+,45?,46?,48-,53+,54-,55+/m1/s1. The van der Waals surface area contributed by atoms with Gasteiger partial charge in [0.15, 0.2) is 17.5 Å². The zero-order valence-electron chi connectivity index (χ0n) is 42.2. The van der Waals surface area contributed by atoms with Crippen molar-refractivity contribution in [1.82, 2.24) is 5.32 Å². The molecule has 3 aromatic carbocycles. The van der Waals surface area contributed by atoms with Gasteiger partial charge in [0.05, 0.1) is 55.8 Å². The summed E-state index contributed by atoms with van der Waals surface area (Å²) in [6.07, 6.45) is -10.3. The Morgan fingerprint density at radius 3 is 1.97 bits per heavy atom. The van der Waals surface area contributed by atoms with E-state index in [-0.39, 0.29) is 61.5 Å². The van der Waals surface area contributed by atoms with E-state index in [0.29, 0.717) is 12.2 Å². The van der Waals surface area contributed by atoms with E-state index >= 15 is 9.59 Å². The van der Waals surface area contributed by atoms with Crippen molar-refractivity contribution < 1.29 is 81.7 Å². The minimum absolute atomic E-state index is 0.0361. The van der Waals surface area contributed by atoms with E-state index in [1.54, 1.807) is 92.7 Å². The fourth-order valence-electron chi connectivity index (χ4n) is 11.1. The van der Waals surface area contributed by atoms with E-state index in [1.807, 2.05) is 6.92 Å². The lowest BCUT2D eigenvalue weighted by atomic mass is 9.44. The second-order valence-electron chi connectivity index (χ2n) is 19.8. The minimum Gasteiger partial charge on any atom is -0.455 e. The maximum absolute atomic E-state index is 15.7. The van der Waals surface area contributed by atoms with Gasteiger partial charge in [0.25, 0.3) is 5.91 Å². The van der Waals surface area contributed by atoms with Gasteiger partial charge in [-0.25, -0.2) is 9.59 Å². The second kappa shape index (κ2) is 22.4. The number of hydrogen-bond acceptors (Lipinski definition) is 17. The molecule has 2 saturated carbocycles. The summed E-state index contributed by atoms with van der Waals surface area (Å²) in [5.41, 5.74) is -7.39. The SMILES string of the molecule is CCCOCCOCCC(=O)OC(C(=O)OC1C[C@]2(O)[C@H](OC(=O)c3ccccc3)C3[C@@]4(OC(C)=O)CO[C@H]4C[C@@H](O)[C@]3(C)C(=O)[C@@H](OC(C)=O)C(=C1C)C2(C)C)[C@H](NC(=O)c1ccccc1)c1ccccc1. The number of ketones is 1. The topological polar surface area (TPSA) is 246 Å². The molecule has 392 valence electrons. The fourth-order valence-corrected chi connectivity index (χ4v) is 11.1. The number of esters is 5. The first-order valence-electron chi connectivity index (χ1n) is 24.6. The number of amides is 1. The summed E-state index contributed by atoms with van der Waals surface area (Å²) < 4.78 is 47.9. The van der Waals surface area contributed by atoms with Gasteiger partial charge in [-0.15, -0.1) is 0 Å². The maximum atomic E-state index is 15.7. The van der Waals surface area contributed by atoms with Crippen LogP contribution in [-0.2, 0) is 61.9 Å². The lowest BCUT2D eigenvalue weighted by molar-refractivity contribution is -0.346. The monoisotopic (exact) mass is 1010 g/mol. The van der Waals surface area contributed by atoms with Crippen LogP contribution in [0.1, 0.15) is 106 Å². The lowest BCUT2D eigenvalue weighted by Crippen LogP contribution is -2.82. The number of fused-ring (bicyclic) bond motifs is 5. The van der Waals surface area contributed by atoms with Crippen molar-refractivity contribution in [3.63, 3.8) is 0 Å². The highest BCUT2D eigenvalue weighted by Gasteiger charge is 2.78. The minimum atomic E-state index is -2.46. The molecule has 3 N–H and O–H groups in total. The van der Waals surface area contributed by atoms with Crippen molar-refractivity contribution in [2.75, 3.05) is 33.0 Å². The quantitative estimate of drug-likeness (QED) is 0.0610. The Hall–Kier alpha value is -6.31. The van der Waals surface area contributed by atoms with Crippen LogP contribution in [0.4, 0.5) is 0 Å². The zero-order valence-corrected chi connectivity index (χ0v) is 42.2. The molecule has 3 unspecified atom stereocenters. The molecule has 4 aliphatic rings. The van der Waals surface area contributed by atoms with Crippen LogP contribution < -0.4 is 5.32 Å². The molecule has 1 saturated heterocycles. The average molecular weight is 1010 g/mol. The highest BCUT2D eigenvalue weighted by molar-refractivity contribution is 5.96. The highest BCUT2D eigenvalue weighted by Crippen LogP contribution is 2.64. The Morgan fingerprint density at radius 1 is 0.795 bits per heavy atom. The van der Waals surface area contributed by atoms with Crippen LogP contribution in [0.3, 0.4) is 0 Å². The second-order valence-corrected chi connectivity index (χ2v) is 19.8. The molecule has 73 heavy (non-hydrogen) atoms. The van der Waals surface area contributed by atoms with Crippen LogP contribution in [0.2, 0.25) is 0 Å². The number of aliphatic hydroxyl groups excluding tert-OH is 1. The van der Waals surface area contributed by atoms with Crippen molar-refractivity contribution in [2.24, 2.45) is 16.7 Å². The van der Waals surface area contributed by atoms with Gasteiger partial charge in [-0.05, 0) is 61.2 Å². The van der Waals surface area contributed by atoms with Crippen LogP contribution >= 0.6 is 0 Å². The van der Waals surface area contributed by atoms with Gasteiger partial charge in [0.1, 0.15) is 30.0 Å². The molecule has 0 radical (unpaired) electrons. The molecule has 7 rings (SSSR count). The van der Waals surface area contributed by atoms with E-state index in [0.717, 1.165) is 20.3 Å². The molecule has 18 heteroatoms. The van der Waals surface area contributed by atoms with Gasteiger partial charge in [0, 0.05) is 44.3 Å². The summed E-state index contributed by atoms with van der Waals surface area (Å²) >= 11 is 0. The van der Waals surface area contributed by atoms with E-state index in [4.69, 9.17) is 37.9 Å². The number of carbonyl (C=O) groups excluding carboxylic acids is 7. The zero-order chi connectivity index (χ0) is 52.9. The third-order valence-corrected chi connectivity index (χ3v) is 14.9. The van der Waals surface area contributed by atoms with Crippen LogP contribution in [-0.4, -0.2) is 133 Å². The molecule has 1 amide bonds. The van der Waals surface area contributed by atoms with Gasteiger partial charge in [-0.1, -0.05) is 87.5 Å². The van der Waals surface area contributed by atoms with Gasteiger partial charge < -0.3 is 53.4 Å². The maximum Gasteiger partial charge on any atom is 0.350 e. The number of ether oxygens (including phenoxy) is 8. The predicted molar refractivity (Wildman–Crippen MR) is 258 cm³/mol. The highest BCUT2D eigenvalue weighted by atomic mass is 16.6. The molecular weight excluding hydrogens is 947 g/mol. The van der Waals surface area contributed by atoms with Crippen molar-refractivity contribution in [1.29, 1.82) is 0 Å². The summed E-state index contributed by atoms with van der Waals surface area (Å²) in [5, 5.41) is 29.0. The molecular formula is C55H65NO17. The number of aliphatic hydroxyl groups is 2. The normalized spacial score (nSPS) is 28.8. The molecule has 11 atom stereocenters. The van der Waals surface area contributed by atoms with E-state index in [1.165, 1.54) is 26.0 Å². The summed E-state index contributed by atoms with van der Waals surface area (Å²) in [5.74, 6) is -7.89. The third-order valence-electron chi connectivity index (χ3n) is 14.9. The molecule has 1 heterocycles. The van der Waals surface area contributed by atoms with Crippen LogP contribution in [0.15, 0.2) is 102 Å². The Balaban J connectivity index is 1.37. The molecule has 18 nitrogen and oxygen atoms in total. The first kappa shape index (κ1) is 54.5. The lowest BCUT2D eigenvalue weighted by Gasteiger charge is -2.67. The molecule has 2 bridgehead atoms. The van der Waals surface area contributed by atoms with Crippen molar-refractivity contribution in [3.8, 4) is 0 Å². The molecule has 1 aliphatic heterocycles. The molecule has 3 aliphatic carbocycles. The van der Waals surface area contributed by atoms with Gasteiger partial charge >= 0.3 is 29.8 Å². The molecule has 0 spiro atoms. The van der Waals surface area contributed by atoms with Crippen LogP contribution in [0.5, 0.6) is 0 Å². The molecule has 3 fully saturated rings. The average Bonchev–Trinajstić information content (AvgIpc) is 3.36. The Bertz CT molecular complexity index is 2550. The van der Waals surface area contributed by atoms with E-state index in [2.05, 4.69) is 5.32 Å². The Morgan fingerprint density at radius 2 is 1.40 bits per heavy atom. The first-order chi connectivity index (χ1) is 34.7. The number of Topliss-reactive ketones (excluding diaryl/α,β-unsaturated/α-hetero) is 1. The number of benzene rings is 3. The summed E-state index contributed by atoms with van der Waals surface area (Å²) in [6.45, 7) is 10.8. The molecule has 3 aromatic rings. The third kappa shape index (κ3) is 10.7. The fraction of sp³-hybridized carbons (Fsp3) is 0.509.